The quantitative estimate of drug-likeness (QED) is 0.483. The second-order valence-electron chi connectivity index (χ2n) is 8.55. The Bertz CT molecular complexity index is 1330. The highest BCUT2D eigenvalue weighted by Gasteiger charge is 2.34. The molecule has 3 aliphatic rings. The Kier molecular flexibility index (Phi) is 4.91. The number of nitrogens with one attached hydrogen (secondary N) is 1. The summed E-state index contributed by atoms with van der Waals surface area (Å²) in [6, 6.07) is 14.2. The van der Waals surface area contributed by atoms with Gasteiger partial charge in [-0.25, -0.2) is 9.97 Å². The Labute approximate surface area is 193 Å². The minimum atomic E-state index is -4.77. The zero-order chi connectivity index (χ0) is 23.3. The van der Waals surface area contributed by atoms with Crippen molar-refractivity contribution in [2.75, 3.05) is 18.0 Å². The van der Waals surface area contributed by atoms with E-state index in [2.05, 4.69) is 19.9 Å². The Balaban J connectivity index is 1.49. The number of fused-ring (bicyclic) bond motifs is 4. The van der Waals surface area contributed by atoms with Crippen LogP contribution >= 0.6 is 0 Å². The average molecular weight is 466 g/mol. The number of anilines is 1. The highest BCUT2D eigenvalue weighted by molar-refractivity contribution is 5.82. The van der Waals surface area contributed by atoms with Crippen LogP contribution in [0.2, 0.25) is 0 Å². The lowest BCUT2D eigenvalue weighted by Crippen LogP contribution is -2.61. The largest absolute Gasteiger partial charge is 0.573 e. The summed E-state index contributed by atoms with van der Waals surface area (Å²) < 4.78 is 44.4. The van der Waals surface area contributed by atoms with Crippen LogP contribution in [0.4, 0.5) is 19.0 Å². The molecular weight excluding hydrogens is 445 g/mol. The molecule has 0 amide bonds. The van der Waals surface area contributed by atoms with Gasteiger partial charge in [0.2, 0.25) is 0 Å². The Morgan fingerprint density at radius 1 is 1.00 bits per heavy atom. The third-order valence-electron chi connectivity index (χ3n) is 6.38. The second-order valence-corrected chi connectivity index (χ2v) is 8.55. The maximum Gasteiger partial charge on any atom is 0.573 e. The van der Waals surface area contributed by atoms with E-state index < -0.39 is 6.36 Å². The number of piperazine rings is 1. The van der Waals surface area contributed by atoms with Gasteiger partial charge in [0.25, 0.3) is 0 Å². The molecule has 174 valence electrons. The monoisotopic (exact) mass is 466 g/mol. The summed E-state index contributed by atoms with van der Waals surface area (Å²) in [6.07, 6.45) is 0.834. The molecule has 0 saturated carbocycles. The van der Waals surface area contributed by atoms with Crippen LogP contribution in [0.15, 0.2) is 60.9 Å². The number of nitrogens with zero attached hydrogens (tertiary/aromatic N) is 5. The molecule has 4 aromatic rings. The third-order valence-corrected chi connectivity index (χ3v) is 6.38. The maximum atomic E-state index is 12.8. The number of hydrogen-bond acceptors (Lipinski definition) is 6. The van der Waals surface area contributed by atoms with Crippen LogP contribution in [0.25, 0.3) is 28.2 Å². The number of rotatable bonds is 4. The highest BCUT2D eigenvalue weighted by atomic mass is 19.4. The van der Waals surface area contributed by atoms with Gasteiger partial charge in [-0.3, -0.25) is 9.55 Å². The molecule has 2 bridgehead atoms. The molecular formula is C24H21F3N6O. The summed E-state index contributed by atoms with van der Waals surface area (Å²) in [4.78, 5) is 16.2. The van der Waals surface area contributed by atoms with Crippen LogP contribution in [0, 0.1) is 0 Å². The normalized spacial score (nSPS) is 20.1. The minimum Gasteiger partial charge on any atom is -0.406 e. The predicted octanol–water partition coefficient (Wildman–Crippen LogP) is 4.32. The minimum absolute atomic E-state index is 0.302. The number of aromatic nitrogens is 4. The summed E-state index contributed by atoms with van der Waals surface area (Å²) in [7, 11) is 0. The molecule has 7 rings (SSSR count). The van der Waals surface area contributed by atoms with E-state index in [9.17, 15) is 13.2 Å². The molecule has 3 saturated heterocycles. The van der Waals surface area contributed by atoms with E-state index >= 15 is 0 Å². The number of piperidine rings is 2. The number of alkyl halides is 3. The van der Waals surface area contributed by atoms with Gasteiger partial charge in [0.15, 0.2) is 5.65 Å². The van der Waals surface area contributed by atoms with E-state index in [1.165, 1.54) is 24.6 Å². The third kappa shape index (κ3) is 3.83. The predicted molar refractivity (Wildman–Crippen MR) is 121 cm³/mol. The number of imidazole rings is 1. The van der Waals surface area contributed by atoms with E-state index in [0.29, 0.717) is 34.6 Å². The van der Waals surface area contributed by atoms with Crippen molar-refractivity contribution in [3.05, 3.63) is 60.9 Å². The standard InChI is InChI=1S/C24H21F3N6O/c25-24(26,27)34-19-3-1-2-15(12-19)22-30-20-6-7-21(32-14-16-4-5-18(32)13-29-16)31-23(20)33(22)17-8-10-28-11-9-17/h1-3,6-12,16,18,29H,4-5,13-14H2/t16-,18-/m1/s1. The molecule has 34 heavy (non-hydrogen) atoms. The van der Waals surface area contributed by atoms with Crippen molar-refractivity contribution in [3.8, 4) is 22.8 Å². The number of hydrogen-bond donors (Lipinski definition) is 1. The second kappa shape index (κ2) is 7.98. The molecule has 1 aromatic carbocycles. The van der Waals surface area contributed by atoms with Gasteiger partial charge in [-0.1, -0.05) is 12.1 Å². The van der Waals surface area contributed by atoms with Crippen molar-refractivity contribution in [2.45, 2.75) is 31.3 Å². The van der Waals surface area contributed by atoms with Crippen molar-refractivity contribution >= 4 is 17.0 Å². The molecule has 3 fully saturated rings. The van der Waals surface area contributed by atoms with Crippen molar-refractivity contribution in [2.24, 2.45) is 0 Å². The summed E-state index contributed by atoms with van der Waals surface area (Å²) in [6.45, 7) is 1.83. The summed E-state index contributed by atoms with van der Waals surface area (Å²) in [5, 5.41) is 3.55. The van der Waals surface area contributed by atoms with Gasteiger partial charge in [0.1, 0.15) is 22.9 Å². The molecule has 0 unspecified atom stereocenters. The van der Waals surface area contributed by atoms with Gasteiger partial charge in [0.05, 0.1) is 5.69 Å². The first-order chi connectivity index (χ1) is 16.4. The van der Waals surface area contributed by atoms with Crippen LogP contribution < -0.4 is 15.0 Å². The van der Waals surface area contributed by atoms with Gasteiger partial charge in [-0.05, 0) is 49.2 Å². The number of halogens is 3. The molecule has 0 aliphatic carbocycles. The molecule has 3 aromatic heterocycles. The zero-order valence-electron chi connectivity index (χ0n) is 18.0. The van der Waals surface area contributed by atoms with Crippen LogP contribution in [-0.4, -0.2) is 51.1 Å². The topological polar surface area (TPSA) is 68.1 Å². The summed E-state index contributed by atoms with van der Waals surface area (Å²) in [5.74, 6) is 1.05. The summed E-state index contributed by atoms with van der Waals surface area (Å²) >= 11 is 0. The fourth-order valence-corrected chi connectivity index (χ4v) is 4.86. The molecule has 2 atom stereocenters. The van der Waals surface area contributed by atoms with Crippen LogP contribution in [0.1, 0.15) is 12.8 Å². The van der Waals surface area contributed by atoms with Crippen molar-refractivity contribution in [1.29, 1.82) is 0 Å². The van der Waals surface area contributed by atoms with E-state index in [0.717, 1.165) is 31.0 Å². The number of ether oxygens (including phenoxy) is 1. The lowest BCUT2D eigenvalue weighted by Gasteiger charge is -2.46. The van der Waals surface area contributed by atoms with Gasteiger partial charge < -0.3 is 15.0 Å². The number of benzene rings is 1. The average Bonchev–Trinajstić information content (AvgIpc) is 3.23. The van der Waals surface area contributed by atoms with Crippen molar-refractivity contribution in [1.82, 2.24) is 24.8 Å². The zero-order valence-corrected chi connectivity index (χ0v) is 18.0. The SMILES string of the molecule is FC(F)(F)Oc1cccc(-c2nc3ccc(N4C[C@H]5CC[C@@H]4CN5)nc3n2-c2ccncc2)c1. The smallest absolute Gasteiger partial charge is 0.406 e. The molecule has 1 N–H and O–H groups in total. The van der Waals surface area contributed by atoms with Crippen molar-refractivity contribution < 1.29 is 17.9 Å². The highest BCUT2D eigenvalue weighted by Crippen LogP contribution is 2.33. The van der Waals surface area contributed by atoms with E-state index in [-0.39, 0.29) is 5.75 Å². The first-order valence-electron chi connectivity index (χ1n) is 11.1. The number of pyridine rings is 2. The fraction of sp³-hybridized carbons (Fsp3) is 0.292. The molecule has 7 nitrogen and oxygen atoms in total. The Hall–Kier alpha value is -3.66. The Morgan fingerprint density at radius 3 is 2.56 bits per heavy atom. The van der Waals surface area contributed by atoms with Gasteiger partial charge in [-0.2, -0.15) is 0 Å². The molecule has 0 spiro atoms. The molecule has 3 aliphatic heterocycles. The van der Waals surface area contributed by atoms with E-state index in [4.69, 9.17) is 9.97 Å². The van der Waals surface area contributed by atoms with Gasteiger partial charge >= 0.3 is 6.36 Å². The van der Waals surface area contributed by atoms with Crippen LogP contribution in [0.3, 0.4) is 0 Å². The molecule has 0 radical (unpaired) electrons. The molecule has 6 heterocycles. The lowest BCUT2D eigenvalue weighted by molar-refractivity contribution is -0.274. The lowest BCUT2D eigenvalue weighted by atomic mass is 9.93. The maximum absolute atomic E-state index is 12.8. The Morgan fingerprint density at radius 2 is 1.85 bits per heavy atom. The fourth-order valence-electron chi connectivity index (χ4n) is 4.86. The van der Waals surface area contributed by atoms with Gasteiger partial charge in [-0.15, -0.1) is 13.2 Å². The van der Waals surface area contributed by atoms with Gasteiger partial charge in [0, 0.05) is 43.1 Å². The van der Waals surface area contributed by atoms with Crippen LogP contribution in [-0.2, 0) is 0 Å². The van der Waals surface area contributed by atoms with E-state index in [1.54, 1.807) is 18.5 Å². The first kappa shape index (κ1) is 20.9. The van der Waals surface area contributed by atoms with Crippen LogP contribution in [0.5, 0.6) is 5.75 Å². The summed E-state index contributed by atoms with van der Waals surface area (Å²) in [5.41, 5.74) is 2.54. The first-order valence-corrected chi connectivity index (χ1v) is 11.1. The molecule has 10 heteroatoms. The van der Waals surface area contributed by atoms with Crippen molar-refractivity contribution in [3.63, 3.8) is 0 Å². The van der Waals surface area contributed by atoms with E-state index in [1.807, 2.05) is 28.8 Å².